The molecule has 25 heavy (non-hydrogen) atoms. The van der Waals surface area contributed by atoms with Gasteiger partial charge >= 0.3 is 5.97 Å². The van der Waals surface area contributed by atoms with Crippen molar-refractivity contribution in [2.24, 2.45) is 11.8 Å². The molecule has 3 rings (SSSR count). The summed E-state index contributed by atoms with van der Waals surface area (Å²) in [5.41, 5.74) is 2.15. The van der Waals surface area contributed by atoms with Crippen LogP contribution in [-0.4, -0.2) is 51.8 Å². The second-order valence-electron chi connectivity index (χ2n) is 7.23. The van der Waals surface area contributed by atoms with Crippen LogP contribution in [0.3, 0.4) is 0 Å². The minimum atomic E-state index is -0.859. The van der Waals surface area contributed by atoms with Crippen LogP contribution in [0.25, 0.3) is 0 Å². The van der Waals surface area contributed by atoms with Crippen LogP contribution in [0.5, 0.6) is 0 Å². The Labute approximate surface area is 147 Å². The van der Waals surface area contributed by atoms with Gasteiger partial charge in [-0.3, -0.25) is 14.4 Å². The zero-order valence-electron chi connectivity index (χ0n) is 14.6. The van der Waals surface area contributed by atoms with E-state index >= 15 is 0 Å². The van der Waals surface area contributed by atoms with Gasteiger partial charge in [0, 0.05) is 26.1 Å². The van der Waals surface area contributed by atoms with Gasteiger partial charge in [-0.2, -0.15) is 0 Å². The monoisotopic (exact) mass is 344 g/mol. The highest BCUT2D eigenvalue weighted by Crippen LogP contribution is 2.28. The van der Waals surface area contributed by atoms with E-state index in [1.54, 1.807) is 9.80 Å². The summed E-state index contributed by atoms with van der Waals surface area (Å²) < 4.78 is 0. The number of carbonyl (C=O) groups excluding carboxylic acids is 2. The summed E-state index contributed by atoms with van der Waals surface area (Å²) in [5, 5.41) is 9.26. The Morgan fingerprint density at radius 3 is 2.48 bits per heavy atom. The zero-order valence-corrected chi connectivity index (χ0v) is 14.6. The van der Waals surface area contributed by atoms with Gasteiger partial charge in [-0.15, -0.1) is 0 Å². The van der Waals surface area contributed by atoms with Crippen molar-refractivity contribution in [3.8, 4) is 0 Å². The number of nitrogens with zero attached hydrogens (tertiary/aromatic N) is 2. The first kappa shape index (κ1) is 17.5. The van der Waals surface area contributed by atoms with Crippen molar-refractivity contribution in [1.82, 2.24) is 9.80 Å². The van der Waals surface area contributed by atoms with E-state index in [4.69, 9.17) is 0 Å². The SMILES string of the molecule is Cc1ccc(CN2C(=O)CCC2C(=O)N2C[C@@H](C)[C@H](C(=O)O)C2)cc1. The summed E-state index contributed by atoms with van der Waals surface area (Å²) in [5.74, 6) is -1.58. The molecule has 0 saturated carbocycles. The molecule has 1 N–H and O–H groups in total. The number of carboxylic acids is 1. The Morgan fingerprint density at radius 1 is 1.20 bits per heavy atom. The molecule has 1 unspecified atom stereocenters. The number of carboxylic acid groups (broad SMARTS) is 1. The van der Waals surface area contributed by atoms with Gasteiger partial charge in [0.05, 0.1) is 5.92 Å². The Kier molecular flexibility index (Phi) is 4.79. The highest BCUT2D eigenvalue weighted by molar-refractivity contribution is 5.91. The van der Waals surface area contributed by atoms with Crippen molar-refractivity contribution >= 4 is 17.8 Å². The highest BCUT2D eigenvalue weighted by atomic mass is 16.4. The van der Waals surface area contributed by atoms with Crippen molar-refractivity contribution in [3.05, 3.63) is 35.4 Å². The molecule has 2 aliphatic rings. The lowest BCUT2D eigenvalue weighted by Crippen LogP contribution is -2.46. The van der Waals surface area contributed by atoms with Gasteiger partial charge in [-0.25, -0.2) is 0 Å². The number of likely N-dealkylation sites (tertiary alicyclic amines) is 2. The maximum Gasteiger partial charge on any atom is 0.308 e. The minimum Gasteiger partial charge on any atom is -0.481 e. The van der Waals surface area contributed by atoms with Crippen LogP contribution in [0.4, 0.5) is 0 Å². The van der Waals surface area contributed by atoms with E-state index in [2.05, 4.69) is 0 Å². The normalized spacial score (nSPS) is 26.3. The van der Waals surface area contributed by atoms with Gasteiger partial charge in [0.15, 0.2) is 0 Å². The third-order valence-corrected chi connectivity index (χ3v) is 5.33. The zero-order chi connectivity index (χ0) is 18.1. The molecule has 0 aliphatic carbocycles. The van der Waals surface area contributed by atoms with Gasteiger partial charge < -0.3 is 14.9 Å². The molecule has 6 nitrogen and oxygen atoms in total. The molecule has 1 aromatic carbocycles. The van der Waals surface area contributed by atoms with Crippen molar-refractivity contribution in [2.75, 3.05) is 13.1 Å². The van der Waals surface area contributed by atoms with Crippen LogP contribution in [0.2, 0.25) is 0 Å². The fourth-order valence-corrected chi connectivity index (χ4v) is 3.76. The van der Waals surface area contributed by atoms with E-state index in [-0.39, 0.29) is 24.3 Å². The molecule has 1 aromatic rings. The number of hydrogen-bond acceptors (Lipinski definition) is 3. The number of benzene rings is 1. The van der Waals surface area contributed by atoms with Gasteiger partial charge in [-0.05, 0) is 24.8 Å². The van der Waals surface area contributed by atoms with E-state index in [0.29, 0.717) is 25.9 Å². The number of aryl methyl sites for hydroxylation is 1. The van der Waals surface area contributed by atoms with Crippen molar-refractivity contribution < 1.29 is 19.5 Å². The molecule has 2 aliphatic heterocycles. The summed E-state index contributed by atoms with van der Waals surface area (Å²) in [4.78, 5) is 39.7. The molecule has 0 bridgehead atoms. The van der Waals surface area contributed by atoms with E-state index in [1.165, 1.54) is 0 Å². The van der Waals surface area contributed by atoms with Crippen molar-refractivity contribution in [1.29, 1.82) is 0 Å². The molecule has 2 fully saturated rings. The summed E-state index contributed by atoms with van der Waals surface area (Å²) in [6.45, 7) is 4.96. The number of carbonyl (C=O) groups is 3. The largest absolute Gasteiger partial charge is 0.481 e. The molecular weight excluding hydrogens is 320 g/mol. The van der Waals surface area contributed by atoms with E-state index in [9.17, 15) is 19.5 Å². The predicted octanol–water partition coefficient (Wildman–Crippen LogP) is 1.67. The lowest BCUT2D eigenvalue weighted by atomic mass is 9.99. The van der Waals surface area contributed by atoms with Gasteiger partial charge in [0.2, 0.25) is 11.8 Å². The number of aliphatic carboxylic acids is 1. The number of rotatable bonds is 4. The molecule has 134 valence electrons. The fraction of sp³-hybridized carbons (Fsp3) is 0.526. The topological polar surface area (TPSA) is 77.9 Å². The first-order valence-electron chi connectivity index (χ1n) is 8.73. The molecule has 0 spiro atoms. The third kappa shape index (κ3) is 3.52. The molecule has 2 amide bonds. The van der Waals surface area contributed by atoms with Crippen molar-refractivity contribution in [2.45, 2.75) is 39.3 Å². The van der Waals surface area contributed by atoms with Crippen LogP contribution in [0.15, 0.2) is 24.3 Å². The second kappa shape index (κ2) is 6.86. The summed E-state index contributed by atoms with van der Waals surface area (Å²) in [6, 6.07) is 7.45. The second-order valence-corrected chi connectivity index (χ2v) is 7.23. The Morgan fingerprint density at radius 2 is 1.88 bits per heavy atom. The average Bonchev–Trinajstić information content (AvgIpc) is 3.13. The molecule has 2 heterocycles. The van der Waals surface area contributed by atoms with Crippen LogP contribution in [-0.2, 0) is 20.9 Å². The molecule has 6 heteroatoms. The maximum absolute atomic E-state index is 12.9. The molecule has 0 aromatic heterocycles. The molecule has 0 radical (unpaired) electrons. The third-order valence-electron chi connectivity index (χ3n) is 5.33. The van der Waals surface area contributed by atoms with Crippen LogP contribution in [0.1, 0.15) is 30.9 Å². The molecule has 2 saturated heterocycles. The minimum absolute atomic E-state index is 0.0130. The summed E-state index contributed by atoms with van der Waals surface area (Å²) >= 11 is 0. The van der Waals surface area contributed by atoms with Gasteiger partial charge in [0.1, 0.15) is 6.04 Å². The van der Waals surface area contributed by atoms with Crippen LogP contribution in [0, 0.1) is 18.8 Å². The van der Waals surface area contributed by atoms with Crippen LogP contribution >= 0.6 is 0 Å². The van der Waals surface area contributed by atoms with Crippen LogP contribution < -0.4 is 0 Å². The molecular formula is C19H24N2O4. The first-order valence-corrected chi connectivity index (χ1v) is 8.73. The number of hydrogen-bond donors (Lipinski definition) is 1. The maximum atomic E-state index is 12.9. The highest BCUT2D eigenvalue weighted by Gasteiger charge is 2.43. The van der Waals surface area contributed by atoms with Gasteiger partial charge in [0.25, 0.3) is 0 Å². The van der Waals surface area contributed by atoms with E-state index < -0.39 is 17.9 Å². The van der Waals surface area contributed by atoms with Gasteiger partial charge in [-0.1, -0.05) is 36.8 Å². The predicted molar refractivity (Wildman–Crippen MR) is 91.6 cm³/mol. The first-order chi connectivity index (χ1) is 11.9. The van der Waals surface area contributed by atoms with E-state index in [1.807, 2.05) is 38.1 Å². The summed E-state index contributed by atoms with van der Waals surface area (Å²) in [6.07, 6.45) is 0.875. The lowest BCUT2D eigenvalue weighted by molar-refractivity contribution is -0.143. The Hall–Kier alpha value is -2.37. The molecule has 3 atom stereocenters. The van der Waals surface area contributed by atoms with E-state index in [0.717, 1.165) is 11.1 Å². The Bertz CT molecular complexity index is 685. The lowest BCUT2D eigenvalue weighted by Gasteiger charge is -2.28. The smallest absolute Gasteiger partial charge is 0.308 e. The standard InChI is InChI=1S/C19H24N2O4/c1-12-3-5-14(6-4-12)10-21-16(7-8-17(21)22)18(23)20-9-13(2)15(11-20)19(24)25/h3-6,13,15-16H,7-11H2,1-2H3,(H,24,25)/t13-,15-,16?/m1/s1. The average molecular weight is 344 g/mol. The quantitative estimate of drug-likeness (QED) is 0.901. The summed E-state index contributed by atoms with van der Waals surface area (Å²) in [7, 11) is 0. The van der Waals surface area contributed by atoms with Crippen molar-refractivity contribution in [3.63, 3.8) is 0 Å². The fourth-order valence-electron chi connectivity index (χ4n) is 3.76. The Balaban J connectivity index is 1.72. The number of amides is 2.